The third-order valence-corrected chi connectivity index (χ3v) is 4.93. The van der Waals surface area contributed by atoms with Crippen molar-refractivity contribution >= 4 is 11.8 Å². The Balaban J connectivity index is 1.48. The lowest BCUT2D eigenvalue weighted by molar-refractivity contribution is -0.787. The highest BCUT2D eigenvalue weighted by Crippen LogP contribution is 2.30. The smallest absolute Gasteiger partial charge is 0.309 e. The van der Waals surface area contributed by atoms with E-state index in [4.69, 9.17) is 9.47 Å². The number of quaternary nitrogens is 1. The van der Waals surface area contributed by atoms with Gasteiger partial charge in [-0.05, 0) is 39.8 Å². The van der Waals surface area contributed by atoms with Gasteiger partial charge in [-0.25, -0.2) is 0 Å². The Morgan fingerprint density at radius 2 is 1.70 bits per heavy atom. The van der Waals surface area contributed by atoms with Crippen molar-refractivity contribution in [3.8, 4) is 11.5 Å². The molecular formula is C20H30N3O4+. The van der Waals surface area contributed by atoms with Crippen LogP contribution in [0.4, 0.5) is 0 Å². The maximum absolute atomic E-state index is 12.3. The van der Waals surface area contributed by atoms with Crippen LogP contribution in [-0.4, -0.2) is 48.2 Å². The van der Waals surface area contributed by atoms with E-state index < -0.39 is 11.8 Å². The van der Waals surface area contributed by atoms with E-state index in [1.807, 2.05) is 24.3 Å². The second kappa shape index (κ2) is 7.38. The minimum absolute atomic E-state index is 0.0145. The second-order valence-corrected chi connectivity index (χ2v) is 8.91. The number of hydrogen-bond donors (Lipinski definition) is 3. The lowest BCUT2D eigenvalue weighted by atomic mass is 9.79. The van der Waals surface area contributed by atoms with E-state index >= 15 is 0 Å². The summed E-state index contributed by atoms with van der Waals surface area (Å²) < 4.78 is 11.4. The molecule has 0 spiro atoms. The van der Waals surface area contributed by atoms with Crippen LogP contribution < -0.4 is 25.4 Å². The lowest BCUT2D eigenvalue weighted by Gasteiger charge is -2.43. The first-order valence-corrected chi connectivity index (χ1v) is 9.48. The summed E-state index contributed by atoms with van der Waals surface area (Å²) in [6.45, 7) is 9.18. The van der Waals surface area contributed by atoms with Gasteiger partial charge >= 0.3 is 11.8 Å². The molecular weight excluding hydrogens is 346 g/mol. The average Bonchev–Trinajstić information content (AvgIpc) is 2.56. The Morgan fingerprint density at radius 3 is 2.37 bits per heavy atom. The Bertz CT molecular complexity index is 701. The molecule has 1 saturated heterocycles. The zero-order valence-electron chi connectivity index (χ0n) is 16.5. The number of ether oxygens (including phenoxy) is 2. The Morgan fingerprint density at radius 1 is 1.07 bits per heavy atom. The van der Waals surface area contributed by atoms with Crippen LogP contribution in [0.5, 0.6) is 11.5 Å². The monoisotopic (exact) mass is 376 g/mol. The van der Waals surface area contributed by atoms with E-state index in [2.05, 4.69) is 43.6 Å². The summed E-state index contributed by atoms with van der Waals surface area (Å²) in [7, 11) is 0. The molecule has 7 heteroatoms. The molecule has 1 aromatic rings. The molecule has 2 aliphatic rings. The molecule has 27 heavy (non-hydrogen) atoms. The number of nitrogens with one attached hydrogen (secondary N) is 2. The van der Waals surface area contributed by atoms with Crippen LogP contribution in [0.2, 0.25) is 0 Å². The SMILES string of the molecule is CC1(C)CC(NC(=O)C(=O)NC[C@@H]2COc3ccccc3O2)CC(C)(C)[NH2+]1. The number of hydrogen-bond acceptors (Lipinski definition) is 4. The number of piperidine rings is 1. The number of rotatable bonds is 3. The maximum Gasteiger partial charge on any atom is 0.309 e. The number of nitrogens with two attached hydrogens (primary N) is 1. The molecule has 2 aliphatic heterocycles. The van der Waals surface area contributed by atoms with E-state index in [0.717, 1.165) is 12.8 Å². The van der Waals surface area contributed by atoms with Gasteiger partial charge in [-0.15, -0.1) is 0 Å². The maximum atomic E-state index is 12.3. The van der Waals surface area contributed by atoms with E-state index in [9.17, 15) is 9.59 Å². The molecule has 0 aromatic heterocycles. The summed E-state index contributed by atoms with van der Waals surface area (Å²) in [5, 5.41) is 7.87. The molecule has 0 radical (unpaired) electrons. The fourth-order valence-electron chi connectivity index (χ4n) is 4.32. The summed E-state index contributed by atoms with van der Waals surface area (Å²) in [5.41, 5.74) is 0.0493. The van der Waals surface area contributed by atoms with Gasteiger partial charge in [0.15, 0.2) is 11.5 Å². The van der Waals surface area contributed by atoms with Gasteiger partial charge in [0.1, 0.15) is 12.7 Å². The van der Waals surface area contributed by atoms with Crippen molar-refractivity contribution < 1.29 is 24.4 Å². The molecule has 0 bridgehead atoms. The van der Waals surface area contributed by atoms with Crippen molar-refractivity contribution in [1.82, 2.24) is 10.6 Å². The molecule has 4 N–H and O–H groups in total. The predicted octanol–water partition coefficient (Wildman–Crippen LogP) is 0.342. The topological polar surface area (TPSA) is 93.3 Å². The molecule has 7 nitrogen and oxygen atoms in total. The predicted molar refractivity (Wildman–Crippen MR) is 101 cm³/mol. The zero-order valence-corrected chi connectivity index (χ0v) is 16.5. The van der Waals surface area contributed by atoms with Crippen LogP contribution in [-0.2, 0) is 9.59 Å². The molecule has 0 unspecified atom stereocenters. The van der Waals surface area contributed by atoms with Gasteiger partial charge in [-0.2, -0.15) is 0 Å². The largest absolute Gasteiger partial charge is 0.486 e. The third-order valence-electron chi connectivity index (χ3n) is 4.93. The van der Waals surface area contributed by atoms with Gasteiger partial charge in [0, 0.05) is 18.9 Å². The van der Waals surface area contributed by atoms with Gasteiger partial charge in [0.05, 0.1) is 17.6 Å². The molecule has 3 rings (SSSR count). The first-order valence-electron chi connectivity index (χ1n) is 9.48. The molecule has 0 aliphatic carbocycles. The fourth-order valence-corrected chi connectivity index (χ4v) is 4.32. The van der Waals surface area contributed by atoms with Crippen LogP contribution in [0.25, 0.3) is 0 Å². The van der Waals surface area contributed by atoms with Crippen molar-refractivity contribution in [2.75, 3.05) is 13.2 Å². The van der Waals surface area contributed by atoms with E-state index in [1.165, 1.54) is 0 Å². The molecule has 1 atom stereocenters. The van der Waals surface area contributed by atoms with Gasteiger partial charge < -0.3 is 25.4 Å². The Hall–Kier alpha value is -2.28. The van der Waals surface area contributed by atoms with Crippen molar-refractivity contribution in [3.63, 3.8) is 0 Å². The summed E-state index contributed by atoms with van der Waals surface area (Å²) in [6, 6.07) is 7.38. The third kappa shape index (κ3) is 5.13. The molecule has 1 aromatic carbocycles. The van der Waals surface area contributed by atoms with E-state index in [0.29, 0.717) is 18.1 Å². The van der Waals surface area contributed by atoms with Crippen LogP contribution in [0, 0.1) is 0 Å². The molecule has 1 fully saturated rings. The summed E-state index contributed by atoms with van der Waals surface area (Å²) >= 11 is 0. The first kappa shape index (κ1) is 19.5. The quantitative estimate of drug-likeness (QED) is 0.664. The average molecular weight is 376 g/mol. The molecule has 0 saturated carbocycles. The summed E-state index contributed by atoms with van der Waals surface area (Å²) in [4.78, 5) is 24.5. The van der Waals surface area contributed by atoms with Crippen LogP contribution in [0.1, 0.15) is 40.5 Å². The highest BCUT2D eigenvalue weighted by Gasteiger charge is 2.42. The van der Waals surface area contributed by atoms with Crippen molar-refractivity contribution in [2.45, 2.75) is 63.8 Å². The van der Waals surface area contributed by atoms with Gasteiger partial charge in [-0.3, -0.25) is 9.59 Å². The van der Waals surface area contributed by atoms with E-state index in [-0.39, 0.29) is 29.8 Å². The minimum Gasteiger partial charge on any atom is -0.486 e. The van der Waals surface area contributed by atoms with Crippen molar-refractivity contribution in [1.29, 1.82) is 0 Å². The zero-order chi connectivity index (χ0) is 19.7. The number of fused-ring (bicyclic) bond motifs is 1. The number of amides is 2. The van der Waals surface area contributed by atoms with Crippen molar-refractivity contribution in [2.24, 2.45) is 0 Å². The Labute approximate surface area is 160 Å². The number of benzene rings is 1. The lowest BCUT2D eigenvalue weighted by Crippen LogP contribution is -3.06. The van der Waals surface area contributed by atoms with Crippen LogP contribution >= 0.6 is 0 Å². The second-order valence-electron chi connectivity index (χ2n) is 8.91. The van der Waals surface area contributed by atoms with E-state index in [1.54, 1.807) is 0 Å². The van der Waals surface area contributed by atoms with Gasteiger partial charge in [0.25, 0.3) is 0 Å². The van der Waals surface area contributed by atoms with Gasteiger partial charge in [0.2, 0.25) is 0 Å². The summed E-state index contributed by atoms with van der Waals surface area (Å²) in [5.74, 6) is 0.112. The first-order chi connectivity index (χ1) is 12.6. The minimum atomic E-state index is -0.636. The van der Waals surface area contributed by atoms with Gasteiger partial charge in [-0.1, -0.05) is 12.1 Å². The van der Waals surface area contributed by atoms with Crippen LogP contribution in [0.3, 0.4) is 0 Å². The fraction of sp³-hybridized carbons (Fsp3) is 0.600. The molecule has 2 heterocycles. The normalized spacial score (nSPS) is 23.3. The highest BCUT2D eigenvalue weighted by molar-refractivity contribution is 6.35. The standard InChI is InChI=1S/C20H29N3O4/c1-19(2)9-13(10-20(3,4)23-19)22-18(25)17(24)21-11-14-12-26-15-7-5-6-8-16(15)27-14/h5-8,13-14,23H,9-12H2,1-4H3,(H,21,24)(H,22,25)/p+1/t14-/m1/s1. The summed E-state index contributed by atoms with van der Waals surface area (Å²) in [6.07, 6.45) is 1.33. The van der Waals surface area contributed by atoms with Crippen molar-refractivity contribution in [3.05, 3.63) is 24.3 Å². The molecule has 2 amide bonds. The molecule has 148 valence electrons. The van der Waals surface area contributed by atoms with Crippen LogP contribution in [0.15, 0.2) is 24.3 Å². The highest BCUT2D eigenvalue weighted by atomic mass is 16.6. The number of carbonyl (C=O) groups excluding carboxylic acids is 2. The number of carbonyl (C=O) groups is 2. The number of para-hydroxylation sites is 2. The Kier molecular flexibility index (Phi) is 5.33.